The van der Waals surface area contributed by atoms with Gasteiger partial charge in [-0.15, -0.1) is 0 Å². The van der Waals surface area contributed by atoms with Gasteiger partial charge in [0.05, 0.1) is 5.69 Å². The highest BCUT2D eigenvalue weighted by Crippen LogP contribution is 2.17. The molecule has 1 aromatic carbocycles. The third-order valence-corrected chi connectivity index (χ3v) is 2.15. The summed E-state index contributed by atoms with van der Waals surface area (Å²) in [5.41, 5.74) is 12.7. The first-order valence-electron chi connectivity index (χ1n) is 4.64. The fourth-order valence-electron chi connectivity index (χ4n) is 1.34. The highest BCUT2D eigenvalue weighted by Gasteiger charge is 2.02. The van der Waals surface area contributed by atoms with Crippen molar-refractivity contribution in [3.05, 3.63) is 42.2 Å². The molecular weight excluding hydrogens is 204 g/mol. The van der Waals surface area contributed by atoms with Gasteiger partial charge in [-0.25, -0.2) is 9.97 Å². The quantitative estimate of drug-likeness (QED) is 0.773. The summed E-state index contributed by atoms with van der Waals surface area (Å²) in [6.07, 6.45) is 1.40. The lowest BCUT2D eigenvalue weighted by Gasteiger charge is -2.01. The minimum Gasteiger partial charge on any atom is -0.384 e. The third kappa shape index (κ3) is 1.98. The van der Waals surface area contributed by atoms with Gasteiger partial charge in [-0.05, 0) is 12.1 Å². The van der Waals surface area contributed by atoms with E-state index in [1.54, 1.807) is 30.3 Å². The Kier molecular flexibility index (Phi) is 2.51. The molecule has 4 N–H and O–H groups in total. The van der Waals surface area contributed by atoms with Crippen LogP contribution in [0.5, 0.6) is 0 Å². The Bertz CT molecular complexity index is 522. The first kappa shape index (κ1) is 10.1. The Morgan fingerprint density at radius 1 is 1.12 bits per heavy atom. The SMILES string of the molecule is NC(=O)c1ccc(-c2cc(N)ncn2)cc1. The van der Waals surface area contributed by atoms with E-state index in [1.807, 2.05) is 0 Å². The van der Waals surface area contributed by atoms with Crippen molar-refractivity contribution in [2.45, 2.75) is 0 Å². The molecule has 0 fully saturated rings. The Hall–Kier alpha value is -2.43. The molecule has 0 aliphatic carbocycles. The van der Waals surface area contributed by atoms with Crippen LogP contribution >= 0.6 is 0 Å². The van der Waals surface area contributed by atoms with Gasteiger partial charge in [-0.3, -0.25) is 4.79 Å². The second-order valence-electron chi connectivity index (χ2n) is 3.27. The van der Waals surface area contributed by atoms with E-state index >= 15 is 0 Å². The Morgan fingerprint density at radius 3 is 2.38 bits per heavy atom. The lowest BCUT2D eigenvalue weighted by Crippen LogP contribution is -2.10. The van der Waals surface area contributed by atoms with E-state index in [-0.39, 0.29) is 0 Å². The summed E-state index contributed by atoms with van der Waals surface area (Å²) in [5, 5.41) is 0. The molecule has 0 bridgehead atoms. The molecule has 1 heterocycles. The van der Waals surface area contributed by atoms with Gasteiger partial charge in [0, 0.05) is 17.2 Å². The zero-order valence-electron chi connectivity index (χ0n) is 8.42. The summed E-state index contributed by atoms with van der Waals surface area (Å²) in [6.45, 7) is 0. The van der Waals surface area contributed by atoms with Crippen molar-refractivity contribution >= 4 is 11.7 Å². The van der Waals surface area contributed by atoms with Crippen LogP contribution in [0.25, 0.3) is 11.3 Å². The van der Waals surface area contributed by atoms with Crippen molar-refractivity contribution < 1.29 is 4.79 Å². The molecule has 5 nitrogen and oxygen atoms in total. The molecule has 16 heavy (non-hydrogen) atoms. The van der Waals surface area contributed by atoms with Crippen molar-refractivity contribution in [2.24, 2.45) is 5.73 Å². The maximum absolute atomic E-state index is 10.9. The van der Waals surface area contributed by atoms with Crippen molar-refractivity contribution in [1.29, 1.82) is 0 Å². The number of rotatable bonds is 2. The lowest BCUT2D eigenvalue weighted by atomic mass is 10.1. The largest absolute Gasteiger partial charge is 0.384 e. The molecule has 0 aliphatic rings. The van der Waals surface area contributed by atoms with E-state index in [1.165, 1.54) is 6.33 Å². The number of hydrogen-bond donors (Lipinski definition) is 2. The second-order valence-corrected chi connectivity index (χ2v) is 3.27. The summed E-state index contributed by atoms with van der Waals surface area (Å²) in [4.78, 5) is 18.8. The van der Waals surface area contributed by atoms with Crippen LogP contribution < -0.4 is 11.5 Å². The molecule has 5 heteroatoms. The molecule has 0 saturated heterocycles. The molecule has 2 rings (SSSR count). The molecule has 1 amide bonds. The fraction of sp³-hybridized carbons (Fsp3) is 0. The van der Waals surface area contributed by atoms with Crippen LogP contribution in [0.15, 0.2) is 36.7 Å². The third-order valence-electron chi connectivity index (χ3n) is 2.15. The van der Waals surface area contributed by atoms with Crippen LogP contribution in [-0.2, 0) is 0 Å². The average molecular weight is 214 g/mol. The number of benzene rings is 1. The molecule has 0 radical (unpaired) electrons. The van der Waals surface area contributed by atoms with Crippen LogP contribution in [0, 0.1) is 0 Å². The highest BCUT2D eigenvalue weighted by molar-refractivity contribution is 5.93. The van der Waals surface area contributed by atoms with Gasteiger partial charge in [0.1, 0.15) is 12.1 Å². The summed E-state index contributed by atoms with van der Waals surface area (Å²) >= 11 is 0. The predicted molar refractivity (Wildman–Crippen MR) is 60.4 cm³/mol. The molecular formula is C11H10N4O. The van der Waals surface area contributed by atoms with Crippen molar-refractivity contribution in [3.8, 4) is 11.3 Å². The standard InChI is InChI=1S/C11H10N4O/c12-10-5-9(14-6-15-10)7-1-3-8(4-2-7)11(13)16/h1-6H,(H2,13,16)(H2,12,14,15). The van der Waals surface area contributed by atoms with E-state index in [9.17, 15) is 4.79 Å². The maximum atomic E-state index is 10.9. The number of primary amides is 1. The zero-order chi connectivity index (χ0) is 11.5. The van der Waals surface area contributed by atoms with Gasteiger partial charge >= 0.3 is 0 Å². The van der Waals surface area contributed by atoms with Gasteiger partial charge < -0.3 is 11.5 Å². The lowest BCUT2D eigenvalue weighted by molar-refractivity contribution is 0.100. The Labute approximate surface area is 92.1 Å². The van der Waals surface area contributed by atoms with Gasteiger partial charge in [0.15, 0.2) is 0 Å². The summed E-state index contributed by atoms with van der Waals surface area (Å²) in [5.74, 6) is -0.0438. The average Bonchev–Trinajstić information content (AvgIpc) is 2.29. The fourth-order valence-corrected chi connectivity index (χ4v) is 1.34. The molecule has 0 saturated carbocycles. The van der Waals surface area contributed by atoms with Gasteiger partial charge in [-0.2, -0.15) is 0 Å². The summed E-state index contributed by atoms with van der Waals surface area (Å²) in [6, 6.07) is 8.49. The number of aromatic nitrogens is 2. The number of hydrogen-bond acceptors (Lipinski definition) is 4. The molecule has 0 spiro atoms. The number of nitrogens with zero attached hydrogens (tertiary/aromatic N) is 2. The van der Waals surface area contributed by atoms with Crippen molar-refractivity contribution in [2.75, 3.05) is 5.73 Å². The van der Waals surface area contributed by atoms with Crippen molar-refractivity contribution in [3.63, 3.8) is 0 Å². The summed E-state index contributed by atoms with van der Waals surface area (Å²) < 4.78 is 0. The second kappa shape index (κ2) is 3.98. The number of nitrogen functional groups attached to an aromatic ring is 1. The normalized spacial score (nSPS) is 10.0. The van der Waals surface area contributed by atoms with E-state index in [0.717, 1.165) is 5.56 Å². The molecule has 1 aromatic heterocycles. The predicted octanol–water partition coefficient (Wildman–Crippen LogP) is 0.825. The number of nitrogens with two attached hydrogens (primary N) is 2. The number of amides is 1. The first-order chi connectivity index (χ1) is 7.66. The maximum Gasteiger partial charge on any atom is 0.248 e. The van der Waals surface area contributed by atoms with E-state index in [2.05, 4.69) is 9.97 Å². The molecule has 80 valence electrons. The monoisotopic (exact) mass is 214 g/mol. The number of carbonyl (C=O) groups excluding carboxylic acids is 1. The molecule has 0 aliphatic heterocycles. The van der Waals surface area contributed by atoms with Gasteiger partial charge in [0.25, 0.3) is 0 Å². The van der Waals surface area contributed by atoms with E-state index in [0.29, 0.717) is 17.1 Å². The zero-order valence-corrected chi connectivity index (χ0v) is 8.42. The van der Waals surface area contributed by atoms with Crippen LogP contribution in [0.1, 0.15) is 10.4 Å². The van der Waals surface area contributed by atoms with E-state index in [4.69, 9.17) is 11.5 Å². The topological polar surface area (TPSA) is 94.9 Å². The van der Waals surface area contributed by atoms with Gasteiger partial charge in [0.2, 0.25) is 5.91 Å². The Morgan fingerprint density at radius 2 is 1.81 bits per heavy atom. The smallest absolute Gasteiger partial charge is 0.248 e. The number of anilines is 1. The molecule has 0 atom stereocenters. The van der Waals surface area contributed by atoms with Crippen LogP contribution in [0.2, 0.25) is 0 Å². The van der Waals surface area contributed by atoms with Crippen LogP contribution in [0.4, 0.5) is 5.82 Å². The first-order valence-corrected chi connectivity index (χ1v) is 4.64. The van der Waals surface area contributed by atoms with Crippen molar-refractivity contribution in [1.82, 2.24) is 9.97 Å². The minimum atomic E-state index is -0.450. The molecule has 0 unspecified atom stereocenters. The molecule has 2 aromatic rings. The van der Waals surface area contributed by atoms with E-state index < -0.39 is 5.91 Å². The Balaban J connectivity index is 2.38. The minimum absolute atomic E-state index is 0.406. The van der Waals surface area contributed by atoms with Gasteiger partial charge in [-0.1, -0.05) is 12.1 Å². The highest BCUT2D eigenvalue weighted by atomic mass is 16.1. The summed E-state index contributed by atoms with van der Waals surface area (Å²) in [7, 11) is 0. The number of carbonyl (C=O) groups is 1. The van der Waals surface area contributed by atoms with Crippen LogP contribution in [-0.4, -0.2) is 15.9 Å². The van der Waals surface area contributed by atoms with Crippen LogP contribution in [0.3, 0.4) is 0 Å².